The largest absolute Gasteiger partial charge is 0.481 e. The molecular formula is C28H32N2O5. The van der Waals surface area contributed by atoms with Crippen molar-refractivity contribution in [1.29, 1.82) is 0 Å². The smallest absolute Gasteiger partial charge is 0.407 e. The Kier molecular flexibility index (Phi) is 6.75. The molecule has 35 heavy (non-hydrogen) atoms. The highest BCUT2D eigenvalue weighted by atomic mass is 16.5. The molecule has 7 heteroatoms. The molecule has 1 unspecified atom stereocenters. The van der Waals surface area contributed by atoms with E-state index in [1.165, 1.54) is 22.3 Å². The van der Waals surface area contributed by atoms with Crippen LogP contribution in [0.25, 0.3) is 11.1 Å². The third-order valence-electron chi connectivity index (χ3n) is 7.88. The van der Waals surface area contributed by atoms with Gasteiger partial charge in [0, 0.05) is 32.0 Å². The van der Waals surface area contributed by atoms with Gasteiger partial charge in [-0.2, -0.15) is 0 Å². The van der Waals surface area contributed by atoms with Gasteiger partial charge in [0.25, 0.3) is 0 Å². The van der Waals surface area contributed by atoms with Crippen molar-refractivity contribution in [3.63, 3.8) is 0 Å². The molecular weight excluding hydrogens is 444 g/mol. The van der Waals surface area contributed by atoms with Crippen LogP contribution in [0, 0.1) is 17.8 Å². The lowest BCUT2D eigenvalue weighted by molar-refractivity contribution is -0.145. The number of aliphatic carboxylic acids is 1. The first-order chi connectivity index (χ1) is 17.0. The SMILES string of the molecule is O=C(O)CCC1CN(C(=O)C(CNC(=O)OCC2c3ccccc3-c3ccccc32)C2CCC2)C1. The van der Waals surface area contributed by atoms with E-state index in [9.17, 15) is 14.4 Å². The van der Waals surface area contributed by atoms with Crippen LogP contribution >= 0.6 is 0 Å². The fraction of sp³-hybridized carbons (Fsp3) is 0.464. The van der Waals surface area contributed by atoms with E-state index in [1.807, 2.05) is 29.2 Å². The first-order valence-electron chi connectivity index (χ1n) is 12.6. The Morgan fingerprint density at radius 2 is 1.63 bits per heavy atom. The maximum atomic E-state index is 13.1. The van der Waals surface area contributed by atoms with E-state index in [0.29, 0.717) is 19.5 Å². The van der Waals surface area contributed by atoms with Gasteiger partial charge in [-0.1, -0.05) is 55.0 Å². The highest BCUT2D eigenvalue weighted by Crippen LogP contribution is 2.44. The molecule has 0 bridgehead atoms. The molecule has 2 aliphatic carbocycles. The number of fused-ring (bicyclic) bond motifs is 3. The first kappa shape index (κ1) is 23.4. The Bertz CT molecular complexity index is 1060. The van der Waals surface area contributed by atoms with Gasteiger partial charge >= 0.3 is 12.1 Å². The van der Waals surface area contributed by atoms with E-state index in [-0.39, 0.29) is 49.2 Å². The van der Waals surface area contributed by atoms with Gasteiger partial charge < -0.3 is 20.1 Å². The number of rotatable bonds is 9. The van der Waals surface area contributed by atoms with Crippen LogP contribution in [0.1, 0.15) is 49.1 Å². The lowest BCUT2D eigenvalue weighted by Crippen LogP contribution is -2.55. The molecule has 1 heterocycles. The predicted molar refractivity (Wildman–Crippen MR) is 131 cm³/mol. The van der Waals surface area contributed by atoms with E-state index in [2.05, 4.69) is 29.6 Å². The number of carbonyl (C=O) groups is 3. The van der Waals surface area contributed by atoms with Gasteiger partial charge in [-0.05, 0) is 53.4 Å². The molecule has 1 saturated carbocycles. The van der Waals surface area contributed by atoms with Gasteiger partial charge in [0.1, 0.15) is 6.61 Å². The van der Waals surface area contributed by atoms with Crippen molar-refractivity contribution >= 4 is 18.0 Å². The summed E-state index contributed by atoms with van der Waals surface area (Å²) in [6.45, 7) is 1.75. The number of alkyl carbamates (subject to hydrolysis) is 1. The Morgan fingerprint density at radius 1 is 1.00 bits per heavy atom. The number of benzene rings is 2. The number of carbonyl (C=O) groups excluding carboxylic acids is 2. The number of hydrogen-bond acceptors (Lipinski definition) is 4. The van der Waals surface area contributed by atoms with Crippen molar-refractivity contribution in [3.8, 4) is 11.1 Å². The maximum Gasteiger partial charge on any atom is 0.407 e. The van der Waals surface area contributed by atoms with Crippen molar-refractivity contribution in [2.45, 2.75) is 38.0 Å². The summed E-state index contributed by atoms with van der Waals surface area (Å²) >= 11 is 0. The number of hydrogen-bond donors (Lipinski definition) is 2. The molecule has 3 aliphatic rings. The van der Waals surface area contributed by atoms with Crippen LogP contribution in [0.3, 0.4) is 0 Å². The molecule has 0 aromatic heterocycles. The highest BCUT2D eigenvalue weighted by molar-refractivity contribution is 5.81. The molecule has 2 aromatic rings. The minimum absolute atomic E-state index is 0.000958. The zero-order chi connectivity index (χ0) is 24.4. The number of ether oxygens (including phenoxy) is 1. The van der Waals surface area contributed by atoms with Crippen LogP contribution in [0.2, 0.25) is 0 Å². The number of amides is 2. The molecule has 5 rings (SSSR count). The highest BCUT2D eigenvalue weighted by Gasteiger charge is 2.39. The van der Waals surface area contributed by atoms with Crippen molar-refractivity contribution < 1.29 is 24.2 Å². The monoisotopic (exact) mass is 476 g/mol. The van der Waals surface area contributed by atoms with E-state index < -0.39 is 12.1 Å². The number of nitrogens with zero attached hydrogens (tertiary/aromatic N) is 1. The summed E-state index contributed by atoms with van der Waals surface area (Å²) in [5, 5.41) is 11.7. The molecule has 7 nitrogen and oxygen atoms in total. The summed E-state index contributed by atoms with van der Waals surface area (Å²) in [6.07, 6.45) is 3.36. The molecule has 2 amide bonds. The Hall–Kier alpha value is -3.35. The fourth-order valence-electron chi connectivity index (χ4n) is 5.64. The van der Waals surface area contributed by atoms with Gasteiger partial charge in [-0.3, -0.25) is 9.59 Å². The molecule has 1 aliphatic heterocycles. The van der Waals surface area contributed by atoms with E-state index in [0.717, 1.165) is 19.3 Å². The van der Waals surface area contributed by atoms with Crippen LogP contribution in [0.15, 0.2) is 48.5 Å². The quantitative estimate of drug-likeness (QED) is 0.564. The Labute approximate surface area is 205 Å². The van der Waals surface area contributed by atoms with Crippen LogP contribution in [-0.2, 0) is 14.3 Å². The van der Waals surface area contributed by atoms with E-state index in [4.69, 9.17) is 9.84 Å². The number of carboxylic acids is 1. The maximum absolute atomic E-state index is 13.1. The van der Waals surface area contributed by atoms with Crippen LogP contribution in [0.5, 0.6) is 0 Å². The number of carboxylic acid groups (broad SMARTS) is 1. The second-order valence-electron chi connectivity index (χ2n) is 10.0. The van der Waals surface area contributed by atoms with Gasteiger partial charge in [0.15, 0.2) is 0 Å². The van der Waals surface area contributed by atoms with Crippen LogP contribution in [-0.4, -0.2) is 54.2 Å². The van der Waals surface area contributed by atoms with Crippen molar-refractivity contribution in [2.24, 2.45) is 17.8 Å². The van der Waals surface area contributed by atoms with Crippen LogP contribution < -0.4 is 5.32 Å². The summed E-state index contributed by atoms with van der Waals surface area (Å²) in [5.74, 6) is -0.429. The third-order valence-corrected chi connectivity index (χ3v) is 7.88. The molecule has 1 atom stereocenters. The van der Waals surface area contributed by atoms with E-state index in [1.54, 1.807) is 0 Å². The lowest BCUT2D eigenvalue weighted by Gasteiger charge is -2.43. The van der Waals surface area contributed by atoms with Crippen molar-refractivity contribution in [2.75, 3.05) is 26.2 Å². The zero-order valence-corrected chi connectivity index (χ0v) is 19.8. The minimum Gasteiger partial charge on any atom is -0.481 e. The standard InChI is InChI=1S/C28H32N2O5/c31-26(32)13-12-18-15-30(16-18)27(33)24(19-6-5-7-19)14-29-28(34)35-17-25-22-10-3-1-8-20(22)21-9-2-4-11-23(21)25/h1-4,8-11,18-19,24-25H,5-7,12-17H2,(H,29,34)(H,31,32). The minimum atomic E-state index is -0.797. The van der Waals surface area contributed by atoms with Gasteiger partial charge in [-0.25, -0.2) is 4.79 Å². The van der Waals surface area contributed by atoms with Gasteiger partial charge in [0.2, 0.25) is 5.91 Å². The summed E-state index contributed by atoms with van der Waals surface area (Å²) < 4.78 is 5.64. The molecule has 0 spiro atoms. The summed E-state index contributed by atoms with van der Waals surface area (Å²) in [7, 11) is 0. The third kappa shape index (κ3) is 4.90. The first-order valence-corrected chi connectivity index (χ1v) is 12.6. The summed E-state index contributed by atoms with van der Waals surface area (Å²) in [6, 6.07) is 16.4. The van der Waals surface area contributed by atoms with E-state index >= 15 is 0 Å². The topological polar surface area (TPSA) is 95.9 Å². The normalized spacial score (nSPS) is 18.1. The average Bonchev–Trinajstić information content (AvgIpc) is 3.11. The Balaban J connectivity index is 1.14. The molecule has 2 fully saturated rings. The molecule has 2 aromatic carbocycles. The number of likely N-dealkylation sites (tertiary alicyclic amines) is 1. The van der Waals surface area contributed by atoms with Gasteiger partial charge in [0.05, 0.1) is 5.92 Å². The Morgan fingerprint density at radius 3 is 2.20 bits per heavy atom. The molecule has 2 N–H and O–H groups in total. The summed E-state index contributed by atoms with van der Waals surface area (Å²) in [4.78, 5) is 38.3. The summed E-state index contributed by atoms with van der Waals surface area (Å²) in [5.41, 5.74) is 4.70. The second kappa shape index (κ2) is 10.1. The predicted octanol–water partition coefficient (Wildman–Crippen LogP) is 4.26. The van der Waals surface area contributed by atoms with Gasteiger partial charge in [-0.15, -0.1) is 0 Å². The van der Waals surface area contributed by atoms with Crippen molar-refractivity contribution in [1.82, 2.24) is 10.2 Å². The lowest BCUT2D eigenvalue weighted by atomic mass is 9.74. The fourth-order valence-corrected chi connectivity index (χ4v) is 5.64. The van der Waals surface area contributed by atoms with Crippen molar-refractivity contribution in [3.05, 3.63) is 59.7 Å². The average molecular weight is 477 g/mol. The van der Waals surface area contributed by atoms with Crippen LogP contribution in [0.4, 0.5) is 4.79 Å². The molecule has 0 radical (unpaired) electrons. The molecule has 184 valence electrons. The zero-order valence-electron chi connectivity index (χ0n) is 19.8. The molecule has 1 saturated heterocycles. The second-order valence-corrected chi connectivity index (χ2v) is 10.0. The number of nitrogens with one attached hydrogen (secondary N) is 1.